The smallest absolute Gasteiger partial charge is 0.408 e. The van der Waals surface area contributed by atoms with Crippen LogP contribution in [0.15, 0.2) is 18.2 Å². The van der Waals surface area contributed by atoms with Crippen LogP contribution in [-0.4, -0.2) is 60.5 Å². The Hall–Kier alpha value is -2.92. The maximum absolute atomic E-state index is 14.2. The number of likely N-dealkylation sites (N-methyl/N-ethyl adjacent to an activating group) is 1. The van der Waals surface area contributed by atoms with Gasteiger partial charge in [0, 0.05) is 19.2 Å². The molecule has 2 amide bonds. The number of nitrogens with zero attached hydrogens (tertiary/aromatic N) is 2. The van der Waals surface area contributed by atoms with Crippen LogP contribution in [0.2, 0.25) is 0 Å². The number of piperidine rings is 1. The molecule has 186 valence electrons. The van der Waals surface area contributed by atoms with Gasteiger partial charge in [-0.15, -0.1) is 0 Å². The molecule has 3 N–H and O–H groups in total. The lowest BCUT2D eigenvalue weighted by atomic mass is 9.88. The van der Waals surface area contributed by atoms with E-state index in [1.165, 1.54) is 37.6 Å². The normalized spacial score (nSPS) is 18.4. The molecule has 1 aromatic heterocycles. The summed E-state index contributed by atoms with van der Waals surface area (Å²) in [7, 11) is 2.91. The zero-order chi connectivity index (χ0) is 25.1. The van der Waals surface area contributed by atoms with E-state index in [1.54, 1.807) is 26.8 Å². The van der Waals surface area contributed by atoms with Crippen molar-refractivity contribution in [3.8, 4) is 16.3 Å². The van der Waals surface area contributed by atoms with E-state index in [0.717, 1.165) is 0 Å². The largest absolute Gasteiger partial charge is 0.494 e. The van der Waals surface area contributed by atoms with Gasteiger partial charge in [0.25, 0.3) is 0 Å². The fraction of sp³-hybridized carbons (Fsp3) is 0.522. The van der Waals surface area contributed by atoms with Gasteiger partial charge in [-0.1, -0.05) is 11.3 Å². The molecule has 1 aliphatic rings. The summed E-state index contributed by atoms with van der Waals surface area (Å²) in [6.07, 6.45) is 0.351. The second-order valence-electron chi connectivity index (χ2n) is 9.09. The lowest BCUT2D eigenvalue weighted by Crippen LogP contribution is -2.66. The van der Waals surface area contributed by atoms with Crippen LogP contribution < -0.4 is 20.3 Å². The van der Waals surface area contributed by atoms with E-state index >= 15 is 0 Å². The highest BCUT2D eigenvalue weighted by atomic mass is 32.1. The number of rotatable bonds is 6. The maximum atomic E-state index is 14.2. The van der Waals surface area contributed by atoms with Crippen molar-refractivity contribution in [1.29, 1.82) is 0 Å². The molecule has 34 heavy (non-hydrogen) atoms. The molecule has 2 heterocycles. The molecule has 0 bridgehead atoms. The molecule has 11 heteroatoms. The Bertz CT molecular complexity index is 1050. The van der Waals surface area contributed by atoms with Gasteiger partial charge in [0.1, 0.15) is 26.8 Å². The number of thiazole rings is 1. The van der Waals surface area contributed by atoms with Crippen molar-refractivity contribution in [2.75, 3.05) is 32.1 Å². The zero-order valence-corrected chi connectivity index (χ0v) is 20.8. The molecular weight excluding hydrogens is 463 g/mol. The van der Waals surface area contributed by atoms with E-state index in [9.17, 15) is 19.1 Å². The number of nitrogens with one attached hydrogen (secondary N) is 2. The van der Waals surface area contributed by atoms with Crippen LogP contribution in [0.4, 0.5) is 14.2 Å². The lowest BCUT2D eigenvalue weighted by Gasteiger charge is -2.42. The van der Waals surface area contributed by atoms with Gasteiger partial charge in [0.05, 0.1) is 20.3 Å². The number of ether oxygens (including phenoxy) is 2. The number of aliphatic hydroxyl groups is 1. The molecule has 1 fully saturated rings. The Morgan fingerprint density at radius 1 is 1.35 bits per heavy atom. The fourth-order valence-electron chi connectivity index (χ4n) is 3.93. The summed E-state index contributed by atoms with van der Waals surface area (Å²) in [5.74, 6) is -0.724. The summed E-state index contributed by atoms with van der Waals surface area (Å²) < 4.78 is 24.6. The van der Waals surface area contributed by atoms with E-state index in [-0.39, 0.29) is 24.8 Å². The Labute approximate surface area is 202 Å². The first-order chi connectivity index (χ1) is 16.0. The van der Waals surface area contributed by atoms with Gasteiger partial charge >= 0.3 is 6.09 Å². The van der Waals surface area contributed by atoms with Crippen LogP contribution in [0, 0.1) is 5.82 Å². The highest BCUT2D eigenvalue weighted by Crippen LogP contribution is 2.38. The van der Waals surface area contributed by atoms with Crippen molar-refractivity contribution < 1.29 is 28.6 Å². The first-order valence-corrected chi connectivity index (χ1v) is 11.8. The topological polar surface area (TPSA) is 113 Å². The van der Waals surface area contributed by atoms with Crippen molar-refractivity contribution in [2.24, 2.45) is 0 Å². The fourth-order valence-corrected chi connectivity index (χ4v) is 5.02. The summed E-state index contributed by atoms with van der Waals surface area (Å²) in [6.45, 7) is 5.69. The Morgan fingerprint density at radius 2 is 2.09 bits per heavy atom. The molecule has 1 aromatic carbocycles. The lowest BCUT2D eigenvalue weighted by molar-refractivity contribution is -0.127. The third kappa shape index (κ3) is 5.58. The number of carbonyl (C=O) groups excluding carboxylic acids is 2. The third-order valence-electron chi connectivity index (χ3n) is 5.41. The first kappa shape index (κ1) is 25.7. The number of amides is 2. The number of anilines is 1. The molecule has 1 aliphatic heterocycles. The molecule has 0 saturated carbocycles. The van der Waals surface area contributed by atoms with Crippen LogP contribution in [0.3, 0.4) is 0 Å². The minimum absolute atomic E-state index is 0.127. The highest BCUT2D eigenvalue weighted by molar-refractivity contribution is 7.19. The maximum Gasteiger partial charge on any atom is 0.408 e. The van der Waals surface area contributed by atoms with Crippen molar-refractivity contribution in [3.05, 3.63) is 29.7 Å². The van der Waals surface area contributed by atoms with Crippen LogP contribution in [0.25, 0.3) is 10.6 Å². The average Bonchev–Trinajstić information content (AvgIpc) is 3.21. The van der Waals surface area contributed by atoms with Gasteiger partial charge in [0.15, 0.2) is 11.6 Å². The van der Waals surface area contributed by atoms with Gasteiger partial charge in [-0.3, -0.25) is 4.79 Å². The number of halogens is 1. The van der Waals surface area contributed by atoms with Crippen LogP contribution in [-0.2, 0) is 16.1 Å². The monoisotopic (exact) mass is 494 g/mol. The van der Waals surface area contributed by atoms with Gasteiger partial charge in [-0.05, 0) is 51.8 Å². The number of alkyl carbamates (subject to hydrolysis) is 1. The number of carbonyl (C=O) groups is 2. The standard InChI is InChI=1S/C23H31FN4O5S/c1-22(2,3)33-21(31)27-23(20(30)25-4)9-6-10-28(13-23)19-16(12-29)26-18(34-19)14-7-8-17(32-5)15(24)11-14/h7-8,11,29H,6,9-10,12-13H2,1-5H3,(H,25,30)(H,27,31). The second-order valence-corrected chi connectivity index (χ2v) is 10.1. The number of hydrogen-bond acceptors (Lipinski definition) is 8. The van der Waals surface area contributed by atoms with Gasteiger partial charge in [0.2, 0.25) is 5.91 Å². The van der Waals surface area contributed by atoms with Crippen LogP contribution in [0.1, 0.15) is 39.3 Å². The molecule has 0 spiro atoms. The predicted molar refractivity (Wildman–Crippen MR) is 128 cm³/mol. The summed E-state index contributed by atoms with van der Waals surface area (Å²) >= 11 is 1.29. The van der Waals surface area contributed by atoms with E-state index in [0.29, 0.717) is 40.7 Å². The van der Waals surface area contributed by atoms with E-state index in [2.05, 4.69) is 15.6 Å². The molecule has 2 aromatic rings. The van der Waals surface area contributed by atoms with E-state index in [1.807, 2.05) is 4.90 Å². The van der Waals surface area contributed by atoms with Gasteiger partial charge < -0.3 is 30.1 Å². The third-order valence-corrected chi connectivity index (χ3v) is 6.61. The first-order valence-electron chi connectivity index (χ1n) is 10.9. The molecule has 3 rings (SSSR count). The molecule has 1 unspecified atom stereocenters. The summed E-state index contributed by atoms with van der Waals surface area (Å²) in [6, 6.07) is 4.55. The molecule has 1 atom stereocenters. The quantitative estimate of drug-likeness (QED) is 0.566. The van der Waals surface area contributed by atoms with Gasteiger partial charge in [-0.25, -0.2) is 14.2 Å². The summed E-state index contributed by atoms with van der Waals surface area (Å²) in [4.78, 5) is 31.9. The van der Waals surface area contributed by atoms with Crippen LogP contribution >= 0.6 is 11.3 Å². The molecule has 0 radical (unpaired) electrons. The molecular formula is C23H31FN4O5S. The Kier molecular flexibility index (Phi) is 7.67. The predicted octanol–water partition coefficient (Wildman–Crippen LogP) is 3.06. The second kappa shape index (κ2) is 10.1. The summed E-state index contributed by atoms with van der Waals surface area (Å²) in [5.41, 5.74) is -0.975. The van der Waals surface area contributed by atoms with Crippen molar-refractivity contribution >= 4 is 28.3 Å². The number of aliphatic hydroxyl groups excluding tert-OH is 1. The van der Waals surface area contributed by atoms with Crippen molar-refractivity contribution in [1.82, 2.24) is 15.6 Å². The minimum Gasteiger partial charge on any atom is -0.494 e. The van der Waals surface area contributed by atoms with E-state index < -0.39 is 23.1 Å². The SMILES string of the molecule is CNC(=O)C1(NC(=O)OC(C)(C)C)CCCN(c2sc(-c3ccc(OC)c(F)c3)nc2CO)C1. The average molecular weight is 495 g/mol. The Morgan fingerprint density at radius 3 is 2.68 bits per heavy atom. The highest BCUT2D eigenvalue weighted by Gasteiger charge is 2.45. The minimum atomic E-state index is -1.22. The number of benzene rings is 1. The molecule has 1 saturated heterocycles. The van der Waals surface area contributed by atoms with Gasteiger partial charge in [-0.2, -0.15) is 0 Å². The Balaban J connectivity index is 1.92. The number of hydrogen-bond donors (Lipinski definition) is 3. The van der Waals surface area contributed by atoms with Crippen molar-refractivity contribution in [2.45, 2.75) is 51.4 Å². The molecule has 0 aliphatic carbocycles. The van der Waals surface area contributed by atoms with E-state index in [4.69, 9.17) is 9.47 Å². The number of aromatic nitrogens is 1. The number of methoxy groups -OCH3 is 1. The molecule has 9 nitrogen and oxygen atoms in total. The zero-order valence-electron chi connectivity index (χ0n) is 20.0. The van der Waals surface area contributed by atoms with Crippen molar-refractivity contribution in [3.63, 3.8) is 0 Å². The van der Waals surface area contributed by atoms with Crippen LogP contribution in [0.5, 0.6) is 5.75 Å². The summed E-state index contributed by atoms with van der Waals surface area (Å²) in [5, 5.41) is 16.6.